The highest BCUT2D eigenvalue weighted by atomic mass is 19.4. The molecule has 0 bridgehead atoms. The second kappa shape index (κ2) is 4.87. The van der Waals surface area contributed by atoms with Gasteiger partial charge >= 0.3 is 12.1 Å². The van der Waals surface area contributed by atoms with Gasteiger partial charge in [-0.1, -0.05) is 0 Å². The highest BCUT2D eigenvalue weighted by Gasteiger charge is 2.58. The third-order valence-electron chi connectivity index (χ3n) is 2.64. The number of aromatic nitrogens is 2. The summed E-state index contributed by atoms with van der Waals surface area (Å²) in [7, 11) is 0. The van der Waals surface area contributed by atoms with Gasteiger partial charge in [0.15, 0.2) is 6.61 Å². The van der Waals surface area contributed by atoms with Crippen molar-refractivity contribution in [1.82, 2.24) is 15.3 Å². The highest BCUT2D eigenvalue weighted by molar-refractivity contribution is 5.31. The van der Waals surface area contributed by atoms with Crippen molar-refractivity contribution >= 4 is 0 Å². The summed E-state index contributed by atoms with van der Waals surface area (Å²) in [5.41, 5.74) is 1.02. The van der Waals surface area contributed by atoms with Crippen molar-refractivity contribution < 1.29 is 26.7 Å². The third-order valence-corrected chi connectivity index (χ3v) is 2.64. The van der Waals surface area contributed by atoms with Gasteiger partial charge in [-0.15, -0.1) is 0 Å². The summed E-state index contributed by atoms with van der Waals surface area (Å²) in [6.07, 6.45) is -4.01. The molecule has 2 heterocycles. The largest absolute Gasteiger partial charge is 0.471 e. The zero-order chi connectivity index (χ0) is 14.1. The minimum Gasteiger partial charge on any atom is -0.471 e. The van der Waals surface area contributed by atoms with Crippen molar-refractivity contribution in [2.24, 2.45) is 0 Å². The molecule has 0 unspecified atom stereocenters. The van der Waals surface area contributed by atoms with E-state index in [0.717, 1.165) is 6.33 Å². The maximum atomic E-state index is 12.7. The average molecular weight is 283 g/mol. The monoisotopic (exact) mass is 283 g/mol. The predicted molar refractivity (Wildman–Crippen MR) is 53.9 cm³/mol. The molecule has 106 valence electrons. The summed E-state index contributed by atoms with van der Waals surface area (Å²) >= 11 is 0. The van der Waals surface area contributed by atoms with Crippen molar-refractivity contribution in [3.8, 4) is 5.88 Å². The Morgan fingerprint density at radius 3 is 2.63 bits per heavy atom. The van der Waals surface area contributed by atoms with Crippen molar-refractivity contribution in [1.29, 1.82) is 0 Å². The molecule has 1 aromatic heterocycles. The van der Waals surface area contributed by atoms with Gasteiger partial charge in [0, 0.05) is 25.1 Å². The molecule has 4 nitrogen and oxygen atoms in total. The number of hydrogen-bond donors (Lipinski definition) is 1. The summed E-state index contributed by atoms with van der Waals surface area (Å²) in [5.74, 6) is -5.14. The fourth-order valence-corrected chi connectivity index (χ4v) is 1.61. The van der Waals surface area contributed by atoms with Gasteiger partial charge in [0.05, 0.1) is 5.69 Å². The first kappa shape index (κ1) is 13.9. The summed E-state index contributed by atoms with van der Waals surface area (Å²) in [6, 6.07) is 0. The van der Waals surface area contributed by atoms with E-state index in [-0.39, 0.29) is 12.4 Å². The Kier molecular flexibility index (Phi) is 3.57. The molecule has 0 saturated carbocycles. The summed E-state index contributed by atoms with van der Waals surface area (Å²) in [5, 5.41) is 2.94. The smallest absolute Gasteiger partial charge is 0.456 e. The lowest BCUT2D eigenvalue weighted by molar-refractivity contribution is -0.290. The van der Waals surface area contributed by atoms with Gasteiger partial charge in [0.1, 0.15) is 6.33 Å². The van der Waals surface area contributed by atoms with Gasteiger partial charge in [0.25, 0.3) is 0 Å². The van der Waals surface area contributed by atoms with E-state index in [4.69, 9.17) is 0 Å². The van der Waals surface area contributed by atoms with Gasteiger partial charge in [-0.3, -0.25) is 0 Å². The lowest BCUT2D eigenvalue weighted by Gasteiger charge is -2.22. The Morgan fingerprint density at radius 2 is 1.95 bits per heavy atom. The molecule has 1 aliphatic heterocycles. The van der Waals surface area contributed by atoms with Gasteiger partial charge in [0.2, 0.25) is 5.88 Å². The molecule has 9 heteroatoms. The van der Waals surface area contributed by atoms with Crippen LogP contribution in [0.5, 0.6) is 5.88 Å². The third kappa shape index (κ3) is 2.91. The SMILES string of the molecule is FC(F)(F)C(F)(F)COc1ncnc2c1CNCC2. The van der Waals surface area contributed by atoms with E-state index in [2.05, 4.69) is 20.0 Å². The van der Waals surface area contributed by atoms with Crippen LogP contribution in [0, 0.1) is 0 Å². The van der Waals surface area contributed by atoms with Crippen LogP contribution >= 0.6 is 0 Å². The number of rotatable bonds is 3. The van der Waals surface area contributed by atoms with E-state index in [1.165, 1.54) is 0 Å². The van der Waals surface area contributed by atoms with Crippen molar-refractivity contribution in [3.05, 3.63) is 17.6 Å². The summed E-state index contributed by atoms with van der Waals surface area (Å²) in [6.45, 7) is -0.856. The molecule has 0 aliphatic carbocycles. The van der Waals surface area contributed by atoms with Gasteiger partial charge in [-0.25, -0.2) is 9.97 Å². The molecule has 0 saturated heterocycles. The van der Waals surface area contributed by atoms with E-state index in [1.807, 2.05) is 0 Å². The van der Waals surface area contributed by atoms with Crippen molar-refractivity contribution in [2.75, 3.05) is 13.2 Å². The van der Waals surface area contributed by atoms with E-state index < -0.39 is 18.7 Å². The highest BCUT2D eigenvalue weighted by Crippen LogP contribution is 2.36. The lowest BCUT2D eigenvalue weighted by Crippen LogP contribution is -2.42. The first-order valence-electron chi connectivity index (χ1n) is 5.42. The topological polar surface area (TPSA) is 47.0 Å². The Bertz CT molecular complexity index is 463. The summed E-state index contributed by atoms with van der Waals surface area (Å²) in [4.78, 5) is 7.54. The van der Waals surface area contributed by atoms with Crippen LogP contribution in [0.25, 0.3) is 0 Å². The minimum atomic E-state index is -5.64. The number of hydrogen-bond acceptors (Lipinski definition) is 4. The number of halogens is 5. The second-order valence-electron chi connectivity index (χ2n) is 4.02. The molecule has 0 radical (unpaired) electrons. The standard InChI is InChI=1S/C10H10F5N3O/c11-9(12,10(13,14)15)4-19-8-6-3-16-2-1-7(6)17-5-18-8/h5,16H,1-4H2. The van der Waals surface area contributed by atoms with Gasteiger partial charge in [-0.05, 0) is 0 Å². The van der Waals surface area contributed by atoms with Gasteiger partial charge < -0.3 is 10.1 Å². The number of nitrogens with zero attached hydrogens (tertiary/aromatic N) is 2. The maximum Gasteiger partial charge on any atom is 0.456 e. The predicted octanol–water partition coefficient (Wildman–Crippen LogP) is 1.70. The van der Waals surface area contributed by atoms with Crippen LogP contribution in [0.1, 0.15) is 11.3 Å². The first-order chi connectivity index (χ1) is 8.81. The van der Waals surface area contributed by atoms with Crippen LogP contribution in [0.2, 0.25) is 0 Å². The van der Waals surface area contributed by atoms with Crippen molar-refractivity contribution in [3.63, 3.8) is 0 Å². The molecule has 0 spiro atoms. The fraction of sp³-hybridized carbons (Fsp3) is 0.600. The minimum absolute atomic E-state index is 0.235. The maximum absolute atomic E-state index is 12.7. The lowest BCUT2D eigenvalue weighted by atomic mass is 10.1. The fourth-order valence-electron chi connectivity index (χ4n) is 1.61. The molecule has 2 rings (SSSR count). The van der Waals surface area contributed by atoms with Crippen LogP contribution in [-0.4, -0.2) is 35.2 Å². The molecule has 0 aromatic carbocycles. The zero-order valence-electron chi connectivity index (χ0n) is 9.60. The Morgan fingerprint density at radius 1 is 1.21 bits per heavy atom. The van der Waals surface area contributed by atoms with Crippen LogP contribution in [0.15, 0.2) is 6.33 Å². The molecule has 1 aliphatic rings. The molecule has 1 N–H and O–H groups in total. The van der Waals surface area contributed by atoms with Crippen LogP contribution in [0.3, 0.4) is 0 Å². The van der Waals surface area contributed by atoms with E-state index >= 15 is 0 Å². The Labute approximate surface area is 105 Å². The first-order valence-corrected chi connectivity index (χ1v) is 5.42. The van der Waals surface area contributed by atoms with Gasteiger partial charge in [-0.2, -0.15) is 22.0 Å². The summed E-state index contributed by atoms with van der Waals surface area (Å²) < 4.78 is 66.0. The number of ether oxygens (including phenoxy) is 1. The molecule has 1 aromatic rings. The average Bonchev–Trinajstić information content (AvgIpc) is 2.35. The normalized spacial score (nSPS) is 16.1. The molecule has 0 fully saturated rings. The van der Waals surface area contributed by atoms with Crippen LogP contribution < -0.4 is 10.1 Å². The molecule has 0 atom stereocenters. The van der Waals surface area contributed by atoms with E-state index in [1.54, 1.807) is 0 Å². The number of alkyl halides is 5. The van der Waals surface area contributed by atoms with E-state index in [9.17, 15) is 22.0 Å². The molecule has 19 heavy (non-hydrogen) atoms. The Balaban J connectivity index is 2.12. The van der Waals surface area contributed by atoms with Crippen LogP contribution in [0.4, 0.5) is 22.0 Å². The molecular weight excluding hydrogens is 273 g/mol. The Hall–Kier alpha value is -1.51. The quantitative estimate of drug-likeness (QED) is 0.858. The van der Waals surface area contributed by atoms with Crippen LogP contribution in [-0.2, 0) is 13.0 Å². The molecular formula is C10H10F5N3O. The second-order valence-corrected chi connectivity index (χ2v) is 4.02. The zero-order valence-corrected chi connectivity index (χ0v) is 9.60. The van der Waals surface area contributed by atoms with E-state index in [0.29, 0.717) is 24.2 Å². The van der Waals surface area contributed by atoms with Crippen molar-refractivity contribution in [2.45, 2.75) is 25.1 Å². The number of nitrogens with one attached hydrogen (secondary N) is 1. The molecule has 0 amide bonds. The number of fused-ring (bicyclic) bond motifs is 1.